The summed E-state index contributed by atoms with van der Waals surface area (Å²) in [5, 5.41) is 0.688. The van der Waals surface area contributed by atoms with Gasteiger partial charge in [-0.05, 0) is 94.2 Å². The Labute approximate surface area is 219 Å². The topological polar surface area (TPSA) is 26.8 Å². The number of likely N-dealkylation sites (tertiary alicyclic amines) is 2. The minimum absolute atomic E-state index is 0.0269. The van der Waals surface area contributed by atoms with E-state index in [1.54, 1.807) is 11.8 Å². The minimum Gasteiger partial charge on any atom is -0.322 e. The van der Waals surface area contributed by atoms with Gasteiger partial charge in [-0.1, -0.05) is 72.2 Å². The molecule has 2 aromatic rings. The molecule has 3 aliphatic rings. The van der Waals surface area contributed by atoms with E-state index in [-0.39, 0.29) is 11.3 Å². The molecule has 0 radical (unpaired) electrons. The van der Waals surface area contributed by atoms with Crippen LogP contribution in [0.25, 0.3) is 6.08 Å². The number of amides is 1. The average Bonchev–Trinajstić information content (AvgIpc) is 3.20. The van der Waals surface area contributed by atoms with E-state index in [0.29, 0.717) is 5.02 Å². The van der Waals surface area contributed by atoms with Crippen molar-refractivity contribution in [3.05, 3.63) is 75.7 Å². The zero-order valence-electron chi connectivity index (χ0n) is 20.4. The predicted octanol–water partition coefficient (Wildman–Crippen LogP) is 6.30. The van der Waals surface area contributed by atoms with Crippen molar-refractivity contribution in [2.45, 2.75) is 49.9 Å². The van der Waals surface area contributed by atoms with Crippen molar-refractivity contribution in [3.63, 3.8) is 0 Å². The lowest BCUT2D eigenvalue weighted by Gasteiger charge is -2.40. The summed E-state index contributed by atoms with van der Waals surface area (Å²) in [4.78, 5) is 21.7. The molecule has 35 heavy (non-hydrogen) atoms. The van der Waals surface area contributed by atoms with E-state index in [9.17, 15) is 4.79 Å². The number of carbonyl (C=O) groups excluding carboxylic acids is 1. The van der Waals surface area contributed by atoms with E-state index in [2.05, 4.69) is 15.9 Å². The summed E-state index contributed by atoms with van der Waals surface area (Å²) in [5.74, 6) is 0.132. The summed E-state index contributed by atoms with van der Waals surface area (Å²) in [6.07, 6.45) is 9.74. The number of carbonyl (C=O) groups is 1. The van der Waals surface area contributed by atoms with E-state index >= 15 is 0 Å². The molecule has 3 fully saturated rings. The van der Waals surface area contributed by atoms with Crippen molar-refractivity contribution in [2.24, 2.45) is 0 Å². The number of piperidine rings is 2. The Hall–Kier alpha value is -1.79. The van der Waals surface area contributed by atoms with Gasteiger partial charge in [0, 0.05) is 17.6 Å². The second-order valence-corrected chi connectivity index (χ2v) is 11.5. The van der Waals surface area contributed by atoms with Crippen LogP contribution in [-0.4, -0.2) is 65.9 Å². The zero-order valence-corrected chi connectivity index (χ0v) is 22.0. The number of nitrogens with zero attached hydrogens (tertiary/aromatic N) is 3. The van der Waals surface area contributed by atoms with Gasteiger partial charge >= 0.3 is 0 Å². The van der Waals surface area contributed by atoms with Crippen molar-refractivity contribution in [1.82, 2.24) is 14.7 Å². The molecule has 0 aliphatic carbocycles. The summed E-state index contributed by atoms with van der Waals surface area (Å²) in [6, 6.07) is 18.8. The van der Waals surface area contributed by atoms with Gasteiger partial charge in [0.1, 0.15) is 5.37 Å². The number of hydrogen-bond acceptors (Lipinski definition) is 4. The first-order valence-electron chi connectivity index (χ1n) is 13.1. The lowest BCUT2D eigenvalue weighted by Crippen LogP contribution is -2.47. The standard InChI is InChI=1S/C29H36ClN3OS/c30-25-12-7-11-24(22-25)29-33(28(34)27(35-29)21-23-9-3-1-4-10-23)18-8-15-31-19-13-26(14-20-31)32-16-5-2-6-17-32/h1,3-4,7,9-12,21-22,26,29H,2,5-6,8,13-20H2/b27-21+. The first-order valence-corrected chi connectivity index (χ1v) is 14.4. The van der Waals surface area contributed by atoms with Gasteiger partial charge in [0.2, 0.25) is 0 Å². The van der Waals surface area contributed by atoms with Gasteiger partial charge in [-0.2, -0.15) is 0 Å². The SMILES string of the molecule is O=C1/C(=C\c2ccccc2)SC(c2cccc(Cl)c2)N1CCCN1CCC(N2CCCCC2)CC1. The molecule has 5 rings (SSSR count). The van der Waals surface area contributed by atoms with Crippen LogP contribution in [0.15, 0.2) is 59.5 Å². The Bertz CT molecular complexity index is 1020. The van der Waals surface area contributed by atoms with Crippen molar-refractivity contribution in [2.75, 3.05) is 39.3 Å². The van der Waals surface area contributed by atoms with Gasteiger partial charge in [-0.25, -0.2) is 0 Å². The van der Waals surface area contributed by atoms with Crippen molar-refractivity contribution < 1.29 is 4.79 Å². The fraction of sp³-hybridized carbons (Fsp3) is 0.483. The van der Waals surface area contributed by atoms with Crippen LogP contribution in [-0.2, 0) is 4.79 Å². The highest BCUT2D eigenvalue weighted by molar-refractivity contribution is 8.04. The number of halogens is 1. The first kappa shape index (κ1) is 24.9. The fourth-order valence-electron chi connectivity index (χ4n) is 5.66. The normalized spacial score (nSPS) is 23.9. The van der Waals surface area contributed by atoms with Crippen LogP contribution >= 0.6 is 23.4 Å². The van der Waals surface area contributed by atoms with Crippen LogP contribution < -0.4 is 0 Å². The highest BCUT2D eigenvalue weighted by Gasteiger charge is 2.37. The summed E-state index contributed by atoms with van der Waals surface area (Å²) >= 11 is 7.96. The first-order chi connectivity index (χ1) is 17.2. The Morgan fingerprint density at radius 3 is 2.43 bits per heavy atom. The molecule has 1 amide bonds. The lowest BCUT2D eigenvalue weighted by atomic mass is 10.00. The second-order valence-electron chi connectivity index (χ2n) is 9.97. The summed E-state index contributed by atoms with van der Waals surface area (Å²) < 4.78 is 0. The summed E-state index contributed by atoms with van der Waals surface area (Å²) in [5.41, 5.74) is 2.15. The predicted molar refractivity (Wildman–Crippen MR) is 147 cm³/mol. The zero-order chi connectivity index (χ0) is 24.0. The van der Waals surface area contributed by atoms with E-state index in [1.807, 2.05) is 59.5 Å². The molecular formula is C29H36ClN3OS. The molecule has 0 bridgehead atoms. The van der Waals surface area contributed by atoms with E-state index in [1.165, 1.54) is 58.3 Å². The summed E-state index contributed by atoms with van der Waals surface area (Å²) in [6.45, 7) is 6.77. The monoisotopic (exact) mass is 509 g/mol. The fourth-order valence-corrected chi connectivity index (χ4v) is 7.13. The minimum atomic E-state index is -0.0269. The molecule has 0 saturated carbocycles. The summed E-state index contributed by atoms with van der Waals surface area (Å²) in [7, 11) is 0. The molecule has 186 valence electrons. The third-order valence-corrected chi connectivity index (χ3v) is 9.09. The molecule has 4 nitrogen and oxygen atoms in total. The van der Waals surface area contributed by atoms with Crippen LogP contribution in [0.1, 0.15) is 55.0 Å². The van der Waals surface area contributed by atoms with Crippen LogP contribution in [0.5, 0.6) is 0 Å². The van der Waals surface area contributed by atoms with Crippen LogP contribution in [0.4, 0.5) is 0 Å². The molecule has 0 aromatic heterocycles. The molecule has 3 saturated heterocycles. The van der Waals surface area contributed by atoms with Gasteiger partial charge in [0.05, 0.1) is 4.91 Å². The lowest BCUT2D eigenvalue weighted by molar-refractivity contribution is -0.126. The number of thioether (sulfide) groups is 1. The van der Waals surface area contributed by atoms with Gasteiger partial charge in [0.25, 0.3) is 5.91 Å². The third kappa shape index (κ3) is 6.32. The second kappa shape index (κ2) is 12.0. The van der Waals surface area contributed by atoms with E-state index < -0.39 is 0 Å². The highest BCUT2D eigenvalue weighted by atomic mass is 35.5. The van der Waals surface area contributed by atoms with Gasteiger partial charge < -0.3 is 14.7 Å². The van der Waals surface area contributed by atoms with Crippen LogP contribution in [0, 0.1) is 0 Å². The maximum atomic E-state index is 13.5. The van der Waals surface area contributed by atoms with Gasteiger partial charge in [0.15, 0.2) is 0 Å². The Morgan fingerprint density at radius 2 is 1.69 bits per heavy atom. The van der Waals surface area contributed by atoms with Gasteiger partial charge in [-0.15, -0.1) is 0 Å². The average molecular weight is 510 g/mol. The molecule has 1 atom stereocenters. The molecule has 0 N–H and O–H groups in total. The molecule has 6 heteroatoms. The van der Waals surface area contributed by atoms with E-state index in [4.69, 9.17) is 11.6 Å². The van der Waals surface area contributed by atoms with Crippen molar-refractivity contribution in [3.8, 4) is 0 Å². The molecular weight excluding hydrogens is 474 g/mol. The molecule has 0 spiro atoms. The maximum absolute atomic E-state index is 13.5. The quantitative estimate of drug-likeness (QED) is 0.409. The Balaban J connectivity index is 1.20. The maximum Gasteiger partial charge on any atom is 0.261 e. The van der Waals surface area contributed by atoms with Crippen molar-refractivity contribution >= 4 is 35.3 Å². The molecule has 2 aromatic carbocycles. The number of benzene rings is 2. The Morgan fingerprint density at radius 1 is 0.914 bits per heavy atom. The van der Waals surface area contributed by atoms with Crippen molar-refractivity contribution in [1.29, 1.82) is 0 Å². The van der Waals surface area contributed by atoms with Crippen LogP contribution in [0.2, 0.25) is 5.02 Å². The molecule has 3 aliphatic heterocycles. The van der Waals surface area contributed by atoms with Crippen LogP contribution in [0.3, 0.4) is 0 Å². The smallest absolute Gasteiger partial charge is 0.261 e. The largest absolute Gasteiger partial charge is 0.322 e. The highest BCUT2D eigenvalue weighted by Crippen LogP contribution is 2.46. The molecule has 1 unspecified atom stereocenters. The molecule has 3 heterocycles. The van der Waals surface area contributed by atoms with E-state index in [0.717, 1.165) is 41.6 Å². The Kier molecular flexibility index (Phi) is 8.51. The van der Waals surface area contributed by atoms with Gasteiger partial charge in [-0.3, -0.25) is 4.79 Å². The number of hydrogen-bond donors (Lipinski definition) is 0. The number of rotatable bonds is 7. The third-order valence-electron chi connectivity index (χ3n) is 7.56.